The first kappa shape index (κ1) is 17.7. The molecule has 0 radical (unpaired) electrons. The van der Waals surface area contributed by atoms with E-state index in [1.54, 1.807) is 0 Å². The van der Waals surface area contributed by atoms with Gasteiger partial charge in [0, 0.05) is 31.3 Å². The fourth-order valence-electron chi connectivity index (χ4n) is 2.84. The van der Waals surface area contributed by atoms with Gasteiger partial charge in [-0.15, -0.1) is 0 Å². The van der Waals surface area contributed by atoms with E-state index < -0.39 is 0 Å². The predicted octanol–water partition coefficient (Wildman–Crippen LogP) is 1.81. The van der Waals surface area contributed by atoms with Gasteiger partial charge in [0.05, 0.1) is 12.6 Å². The SMILES string of the molecule is CCNC(=NCc1cccc(C(=O)NCC2CCCO2)c1)NC1CC1. The molecule has 25 heavy (non-hydrogen) atoms. The third-order valence-electron chi connectivity index (χ3n) is 4.39. The fraction of sp³-hybridized carbons (Fsp3) is 0.579. The average molecular weight is 344 g/mol. The first-order valence-electron chi connectivity index (χ1n) is 9.28. The number of carbonyl (C=O) groups excluding carboxylic acids is 1. The molecule has 1 aliphatic heterocycles. The molecule has 0 bridgehead atoms. The molecule has 3 N–H and O–H groups in total. The van der Waals surface area contributed by atoms with Crippen LogP contribution in [0.3, 0.4) is 0 Å². The summed E-state index contributed by atoms with van der Waals surface area (Å²) in [6.07, 6.45) is 4.69. The summed E-state index contributed by atoms with van der Waals surface area (Å²) in [6.45, 7) is 4.83. The number of rotatable bonds is 7. The number of hydrogen-bond donors (Lipinski definition) is 3. The van der Waals surface area contributed by atoms with E-state index >= 15 is 0 Å². The quantitative estimate of drug-likeness (QED) is 0.521. The van der Waals surface area contributed by atoms with Crippen molar-refractivity contribution in [2.45, 2.75) is 51.3 Å². The zero-order valence-electron chi connectivity index (χ0n) is 14.9. The molecule has 1 aromatic carbocycles. The Kier molecular flexibility index (Phi) is 6.28. The van der Waals surface area contributed by atoms with Crippen LogP contribution in [-0.2, 0) is 11.3 Å². The van der Waals surface area contributed by atoms with Crippen molar-refractivity contribution in [1.29, 1.82) is 0 Å². The Morgan fingerprint density at radius 3 is 2.88 bits per heavy atom. The molecule has 1 atom stereocenters. The molecule has 2 fully saturated rings. The average Bonchev–Trinajstić information content (AvgIpc) is 3.29. The lowest BCUT2D eigenvalue weighted by atomic mass is 10.1. The van der Waals surface area contributed by atoms with Gasteiger partial charge in [-0.1, -0.05) is 12.1 Å². The summed E-state index contributed by atoms with van der Waals surface area (Å²) in [5, 5.41) is 9.62. The molecule has 2 aliphatic rings. The van der Waals surface area contributed by atoms with Gasteiger partial charge in [0.15, 0.2) is 5.96 Å². The minimum atomic E-state index is -0.0515. The van der Waals surface area contributed by atoms with Gasteiger partial charge >= 0.3 is 0 Å². The molecular formula is C19H28N4O2. The van der Waals surface area contributed by atoms with E-state index in [0.29, 0.717) is 24.7 Å². The van der Waals surface area contributed by atoms with Crippen LogP contribution in [-0.4, -0.2) is 43.7 Å². The van der Waals surface area contributed by atoms with Crippen molar-refractivity contribution in [3.63, 3.8) is 0 Å². The number of ether oxygens (including phenoxy) is 1. The van der Waals surface area contributed by atoms with Gasteiger partial charge in [-0.05, 0) is 50.3 Å². The lowest BCUT2D eigenvalue weighted by Gasteiger charge is -2.12. The van der Waals surface area contributed by atoms with Crippen LogP contribution < -0.4 is 16.0 Å². The third kappa shape index (κ3) is 5.74. The van der Waals surface area contributed by atoms with Gasteiger partial charge in [0.25, 0.3) is 5.91 Å². The van der Waals surface area contributed by atoms with Crippen LogP contribution in [0.2, 0.25) is 0 Å². The van der Waals surface area contributed by atoms with E-state index in [1.807, 2.05) is 24.3 Å². The third-order valence-corrected chi connectivity index (χ3v) is 4.39. The van der Waals surface area contributed by atoms with Crippen LogP contribution >= 0.6 is 0 Å². The van der Waals surface area contributed by atoms with Crippen LogP contribution in [0.15, 0.2) is 29.3 Å². The normalized spacial score (nSPS) is 20.4. The topological polar surface area (TPSA) is 74.8 Å². The van der Waals surface area contributed by atoms with Crippen LogP contribution in [0.25, 0.3) is 0 Å². The summed E-state index contributed by atoms with van der Waals surface area (Å²) in [4.78, 5) is 16.9. The largest absolute Gasteiger partial charge is 0.376 e. The molecule has 3 rings (SSSR count). The standard InChI is InChI=1S/C19H28N4O2/c1-2-20-19(23-16-8-9-16)22-12-14-5-3-6-15(11-14)18(24)21-13-17-7-4-10-25-17/h3,5-6,11,16-17H,2,4,7-10,12-13H2,1H3,(H,21,24)(H2,20,22,23). The van der Waals surface area contributed by atoms with Crippen LogP contribution in [0, 0.1) is 0 Å². The van der Waals surface area contributed by atoms with Gasteiger partial charge in [-0.3, -0.25) is 4.79 Å². The monoisotopic (exact) mass is 344 g/mol. The highest BCUT2D eigenvalue weighted by atomic mass is 16.5. The molecule has 1 unspecified atom stereocenters. The molecule has 1 amide bonds. The number of benzene rings is 1. The molecule has 1 heterocycles. The maximum Gasteiger partial charge on any atom is 0.251 e. The second kappa shape index (κ2) is 8.85. The molecule has 0 spiro atoms. The Balaban J connectivity index is 1.54. The summed E-state index contributed by atoms with van der Waals surface area (Å²) < 4.78 is 5.54. The molecular weight excluding hydrogens is 316 g/mol. The lowest BCUT2D eigenvalue weighted by molar-refractivity contribution is 0.0857. The zero-order chi connectivity index (χ0) is 17.5. The summed E-state index contributed by atoms with van der Waals surface area (Å²) >= 11 is 0. The number of aliphatic imine (C=N–C) groups is 1. The van der Waals surface area contributed by atoms with Crippen molar-refractivity contribution in [3.8, 4) is 0 Å². The van der Waals surface area contributed by atoms with E-state index in [1.165, 1.54) is 12.8 Å². The predicted molar refractivity (Wildman–Crippen MR) is 98.7 cm³/mol. The number of amides is 1. The minimum absolute atomic E-state index is 0.0515. The van der Waals surface area contributed by atoms with Gasteiger partial charge in [0.1, 0.15) is 0 Å². The number of nitrogens with one attached hydrogen (secondary N) is 3. The summed E-state index contributed by atoms with van der Waals surface area (Å²) in [7, 11) is 0. The Labute approximate surface area is 149 Å². The minimum Gasteiger partial charge on any atom is -0.376 e. The maximum absolute atomic E-state index is 12.3. The molecule has 6 heteroatoms. The second-order valence-corrected chi connectivity index (χ2v) is 6.66. The second-order valence-electron chi connectivity index (χ2n) is 6.66. The van der Waals surface area contributed by atoms with Crippen LogP contribution in [0.4, 0.5) is 0 Å². The highest BCUT2D eigenvalue weighted by molar-refractivity contribution is 5.94. The Hall–Kier alpha value is -2.08. The molecule has 1 aliphatic carbocycles. The van der Waals surface area contributed by atoms with Crippen molar-refractivity contribution in [2.75, 3.05) is 19.7 Å². The highest BCUT2D eigenvalue weighted by Crippen LogP contribution is 2.18. The van der Waals surface area contributed by atoms with Crippen molar-refractivity contribution in [2.24, 2.45) is 4.99 Å². The molecule has 136 valence electrons. The maximum atomic E-state index is 12.3. The van der Waals surface area contributed by atoms with E-state index in [0.717, 1.165) is 37.5 Å². The molecule has 1 aromatic rings. The Bertz CT molecular complexity index is 607. The number of guanidine groups is 1. The van der Waals surface area contributed by atoms with Crippen molar-refractivity contribution in [3.05, 3.63) is 35.4 Å². The van der Waals surface area contributed by atoms with Gasteiger partial charge < -0.3 is 20.7 Å². The number of carbonyl (C=O) groups is 1. The van der Waals surface area contributed by atoms with Crippen molar-refractivity contribution >= 4 is 11.9 Å². The van der Waals surface area contributed by atoms with Crippen LogP contribution in [0.5, 0.6) is 0 Å². The first-order valence-corrected chi connectivity index (χ1v) is 9.28. The van der Waals surface area contributed by atoms with Gasteiger partial charge in [-0.25, -0.2) is 4.99 Å². The summed E-state index contributed by atoms with van der Waals surface area (Å²) in [5.41, 5.74) is 1.70. The lowest BCUT2D eigenvalue weighted by Crippen LogP contribution is -2.38. The molecule has 0 aromatic heterocycles. The van der Waals surface area contributed by atoms with Crippen molar-refractivity contribution in [1.82, 2.24) is 16.0 Å². The first-order chi connectivity index (χ1) is 12.2. The van der Waals surface area contributed by atoms with E-state index in [-0.39, 0.29) is 12.0 Å². The number of hydrogen-bond acceptors (Lipinski definition) is 3. The number of nitrogens with zero attached hydrogens (tertiary/aromatic N) is 1. The zero-order valence-corrected chi connectivity index (χ0v) is 14.9. The molecule has 1 saturated heterocycles. The van der Waals surface area contributed by atoms with E-state index in [2.05, 4.69) is 27.9 Å². The highest BCUT2D eigenvalue weighted by Gasteiger charge is 2.22. The van der Waals surface area contributed by atoms with Gasteiger partial charge in [0.2, 0.25) is 0 Å². The van der Waals surface area contributed by atoms with E-state index in [4.69, 9.17) is 4.74 Å². The molecule has 6 nitrogen and oxygen atoms in total. The molecule has 1 saturated carbocycles. The summed E-state index contributed by atoms with van der Waals surface area (Å²) in [5.74, 6) is 0.794. The van der Waals surface area contributed by atoms with E-state index in [9.17, 15) is 4.79 Å². The van der Waals surface area contributed by atoms with Crippen molar-refractivity contribution < 1.29 is 9.53 Å². The smallest absolute Gasteiger partial charge is 0.251 e. The van der Waals surface area contributed by atoms with Crippen LogP contribution in [0.1, 0.15) is 48.5 Å². The summed E-state index contributed by atoms with van der Waals surface area (Å²) in [6, 6.07) is 8.22. The fourth-order valence-corrected chi connectivity index (χ4v) is 2.84. The Morgan fingerprint density at radius 1 is 1.28 bits per heavy atom. The van der Waals surface area contributed by atoms with Gasteiger partial charge in [-0.2, -0.15) is 0 Å². The Morgan fingerprint density at radius 2 is 2.16 bits per heavy atom.